The molecule has 1 fully saturated rings. The Bertz CT molecular complexity index is 1050. The number of fused-ring (bicyclic) bond motifs is 2. The van der Waals surface area contributed by atoms with Crippen LogP contribution in [0.3, 0.4) is 0 Å². The Morgan fingerprint density at radius 2 is 1.71 bits per heavy atom. The van der Waals surface area contributed by atoms with Crippen LogP contribution in [0.5, 0.6) is 0 Å². The van der Waals surface area contributed by atoms with E-state index in [4.69, 9.17) is 15.6 Å². The van der Waals surface area contributed by atoms with Gasteiger partial charge in [0.15, 0.2) is 11.3 Å². The third kappa shape index (κ3) is 3.59. The molecule has 3 amide bonds. The van der Waals surface area contributed by atoms with Gasteiger partial charge in [0.2, 0.25) is 5.78 Å². The van der Waals surface area contributed by atoms with E-state index < -0.39 is 29.6 Å². The Hall–Kier alpha value is -3.19. The fraction of sp³-hybridized carbons (Fsp3) is 0.278. The smallest absolute Gasteiger partial charge is 0.475 e. The summed E-state index contributed by atoms with van der Waals surface area (Å²) in [5.74, 6) is -3.80. The van der Waals surface area contributed by atoms with Crippen molar-refractivity contribution in [1.29, 1.82) is 0 Å². The zero-order valence-corrected chi connectivity index (χ0v) is 16.3. The Kier molecular flexibility index (Phi) is 5.67. The summed E-state index contributed by atoms with van der Waals surface area (Å²) in [6.07, 6.45) is -5.08. The van der Waals surface area contributed by atoms with E-state index in [2.05, 4.69) is 5.32 Å². The molecular formula is C18H14F3N3O6S. The van der Waals surface area contributed by atoms with Gasteiger partial charge >= 0.3 is 18.2 Å². The Morgan fingerprint density at radius 3 is 2.23 bits per heavy atom. The first kappa shape index (κ1) is 22.5. The summed E-state index contributed by atoms with van der Waals surface area (Å²) in [5, 5.41) is 9.75. The molecule has 1 aliphatic carbocycles. The summed E-state index contributed by atoms with van der Waals surface area (Å²) >= 11 is 1.14. The van der Waals surface area contributed by atoms with Crippen LogP contribution in [0.4, 0.5) is 18.0 Å². The molecule has 0 bridgehead atoms. The van der Waals surface area contributed by atoms with E-state index >= 15 is 0 Å². The van der Waals surface area contributed by atoms with Crippen LogP contribution < -0.4 is 11.1 Å². The van der Waals surface area contributed by atoms with Crippen LogP contribution in [0.15, 0.2) is 34.7 Å². The van der Waals surface area contributed by atoms with Gasteiger partial charge in [0.1, 0.15) is 0 Å². The molecule has 4 rings (SSSR count). The zero-order chi connectivity index (χ0) is 23.1. The molecule has 1 unspecified atom stereocenters. The van der Waals surface area contributed by atoms with Gasteiger partial charge in [-0.2, -0.15) is 13.2 Å². The minimum absolute atomic E-state index is 0.0679. The molecule has 4 N–H and O–H groups in total. The number of thioether (sulfide) groups is 1. The minimum atomic E-state index is -5.08. The third-order valence-electron chi connectivity index (χ3n) is 4.71. The second kappa shape index (κ2) is 7.81. The first-order chi connectivity index (χ1) is 14.5. The predicted octanol–water partition coefficient (Wildman–Crippen LogP) is 0.949. The summed E-state index contributed by atoms with van der Waals surface area (Å²) in [5.41, 5.74) is 4.68. The number of halogens is 3. The average molecular weight is 457 g/mol. The Balaban J connectivity index is 0.000000339. The molecule has 1 aromatic carbocycles. The number of carbonyl (C=O) groups excluding carboxylic acids is 4. The number of hydrogen-bond acceptors (Lipinski definition) is 7. The number of aliphatic carboxylic acids is 1. The van der Waals surface area contributed by atoms with Gasteiger partial charge in [0.05, 0.1) is 10.5 Å². The average Bonchev–Trinajstić information content (AvgIpc) is 3.20. The number of carboxylic acids is 1. The topological polar surface area (TPSA) is 147 Å². The van der Waals surface area contributed by atoms with Crippen LogP contribution in [-0.2, 0) is 9.59 Å². The molecule has 2 aliphatic heterocycles. The molecule has 1 aromatic rings. The molecule has 31 heavy (non-hydrogen) atoms. The zero-order valence-electron chi connectivity index (χ0n) is 15.5. The summed E-state index contributed by atoms with van der Waals surface area (Å²) in [4.78, 5) is 60.8. The highest BCUT2D eigenvalue weighted by atomic mass is 32.2. The van der Waals surface area contributed by atoms with E-state index in [1.807, 2.05) is 0 Å². The number of amides is 3. The summed E-state index contributed by atoms with van der Waals surface area (Å²) in [6, 6.07) is 5.94. The van der Waals surface area contributed by atoms with E-state index in [0.29, 0.717) is 5.56 Å². The van der Waals surface area contributed by atoms with Crippen molar-refractivity contribution in [1.82, 2.24) is 10.2 Å². The van der Waals surface area contributed by atoms with Crippen molar-refractivity contribution in [2.45, 2.75) is 11.7 Å². The molecule has 1 saturated heterocycles. The largest absolute Gasteiger partial charge is 0.490 e. The number of carboxylic acid groups (broad SMARTS) is 1. The number of hydrogen-bond donors (Lipinski definition) is 3. The van der Waals surface area contributed by atoms with E-state index in [1.54, 1.807) is 24.3 Å². The van der Waals surface area contributed by atoms with E-state index in [9.17, 15) is 32.3 Å². The highest BCUT2D eigenvalue weighted by molar-refractivity contribution is 8.04. The van der Waals surface area contributed by atoms with Crippen LogP contribution >= 0.6 is 11.8 Å². The summed E-state index contributed by atoms with van der Waals surface area (Å²) in [6.45, 7) is 0.197. The number of alkyl halides is 3. The number of rotatable bonds is 2. The highest BCUT2D eigenvalue weighted by Gasteiger charge is 2.60. The Morgan fingerprint density at radius 1 is 1.16 bits per heavy atom. The number of benzene rings is 1. The normalized spacial score (nSPS) is 22.3. The van der Waals surface area contributed by atoms with Crippen LogP contribution in [0, 0.1) is 0 Å². The minimum Gasteiger partial charge on any atom is -0.475 e. The lowest BCUT2D eigenvalue weighted by atomic mass is 9.79. The predicted molar refractivity (Wildman–Crippen MR) is 100 cm³/mol. The molecule has 1 atom stereocenters. The molecule has 0 aromatic heterocycles. The van der Waals surface area contributed by atoms with Crippen molar-refractivity contribution in [2.75, 3.05) is 18.8 Å². The lowest BCUT2D eigenvalue weighted by molar-refractivity contribution is -0.192. The van der Waals surface area contributed by atoms with Gasteiger partial charge in [-0.1, -0.05) is 24.3 Å². The third-order valence-corrected chi connectivity index (χ3v) is 5.96. The number of Topliss-reactive ketones (excluding diaryl/α,β-unsaturated/α-hetero) is 2. The van der Waals surface area contributed by atoms with Gasteiger partial charge in [-0.25, -0.2) is 9.59 Å². The summed E-state index contributed by atoms with van der Waals surface area (Å²) in [7, 11) is 0. The first-order valence-corrected chi connectivity index (χ1v) is 9.64. The van der Waals surface area contributed by atoms with Gasteiger partial charge in [0.25, 0.3) is 5.91 Å². The number of nitrogens with zero attached hydrogens (tertiary/aromatic N) is 1. The quantitative estimate of drug-likeness (QED) is 0.557. The van der Waals surface area contributed by atoms with Crippen molar-refractivity contribution in [3.8, 4) is 0 Å². The van der Waals surface area contributed by atoms with E-state index in [1.165, 1.54) is 0 Å². The lowest BCUT2D eigenvalue weighted by Crippen LogP contribution is -2.52. The lowest BCUT2D eigenvalue weighted by Gasteiger charge is -2.25. The maximum atomic E-state index is 13.0. The number of allylic oxidation sites excluding steroid dienone is 1. The van der Waals surface area contributed by atoms with E-state index in [0.717, 1.165) is 16.7 Å². The van der Waals surface area contributed by atoms with Crippen molar-refractivity contribution in [3.63, 3.8) is 0 Å². The number of nitrogens with two attached hydrogens (primary N) is 1. The molecule has 164 valence electrons. The molecule has 0 radical (unpaired) electrons. The Labute approximate surface area is 176 Å². The highest BCUT2D eigenvalue weighted by Crippen LogP contribution is 2.47. The van der Waals surface area contributed by atoms with Crippen LogP contribution in [0.25, 0.3) is 0 Å². The molecule has 1 spiro atoms. The van der Waals surface area contributed by atoms with Gasteiger partial charge in [-0.3, -0.25) is 19.3 Å². The van der Waals surface area contributed by atoms with Crippen LogP contribution in [0.1, 0.15) is 20.7 Å². The van der Waals surface area contributed by atoms with Gasteiger partial charge in [-0.05, 0) is 0 Å². The maximum Gasteiger partial charge on any atom is 0.490 e. The molecule has 13 heteroatoms. The molecule has 3 aliphatic rings. The van der Waals surface area contributed by atoms with Gasteiger partial charge in [0, 0.05) is 30.0 Å². The van der Waals surface area contributed by atoms with Crippen molar-refractivity contribution in [3.05, 3.63) is 45.9 Å². The molecule has 2 heterocycles. The first-order valence-electron chi connectivity index (χ1n) is 8.66. The second-order valence-electron chi connectivity index (χ2n) is 6.58. The number of urea groups is 1. The van der Waals surface area contributed by atoms with Crippen molar-refractivity contribution < 1.29 is 42.3 Å². The fourth-order valence-corrected chi connectivity index (χ4v) is 4.71. The number of imide groups is 1. The standard InChI is InChI=1S/C16H13N3O4S.C2HF3O2/c17-5-6-19-14(22)16(18-15(19)23)7-24-13-10(16)11(20)8-3-1-2-4-9(8)12(13)21;3-2(4,5)1(6)7/h1-4H,5-7,17H2,(H,18,23);(H,6,7). The maximum absolute atomic E-state index is 13.0. The SMILES string of the molecule is NCCN1C(=O)NC2(CSC3=C2C(=O)c2ccccc2C3=O)C1=O.O=C(O)C(F)(F)F. The van der Waals surface area contributed by atoms with Crippen molar-refractivity contribution in [2.24, 2.45) is 5.73 Å². The van der Waals surface area contributed by atoms with Gasteiger partial charge in [-0.15, -0.1) is 11.8 Å². The number of nitrogens with one attached hydrogen (secondary N) is 1. The van der Waals surface area contributed by atoms with Crippen LogP contribution in [-0.4, -0.2) is 70.0 Å². The monoisotopic (exact) mass is 457 g/mol. The molecule has 9 nitrogen and oxygen atoms in total. The summed E-state index contributed by atoms with van der Waals surface area (Å²) < 4.78 is 31.7. The number of ketones is 2. The number of carbonyl (C=O) groups is 5. The van der Waals surface area contributed by atoms with E-state index in [-0.39, 0.29) is 46.5 Å². The second-order valence-corrected chi connectivity index (χ2v) is 7.57. The van der Waals surface area contributed by atoms with Crippen LogP contribution in [0.2, 0.25) is 0 Å². The van der Waals surface area contributed by atoms with Crippen molar-refractivity contribution >= 4 is 41.2 Å². The molecule has 0 saturated carbocycles. The fourth-order valence-electron chi connectivity index (χ4n) is 3.36. The van der Waals surface area contributed by atoms with Gasteiger partial charge < -0.3 is 16.2 Å². The molecular weight excluding hydrogens is 443 g/mol.